The summed E-state index contributed by atoms with van der Waals surface area (Å²) in [6.07, 6.45) is 2.83. The molecule has 0 aromatic heterocycles. The lowest BCUT2D eigenvalue weighted by atomic mass is 10.2. The van der Waals surface area contributed by atoms with Crippen LogP contribution in [0.15, 0.2) is 64.0 Å². The number of rotatable bonds is 5. The van der Waals surface area contributed by atoms with Crippen molar-refractivity contribution in [2.24, 2.45) is 0 Å². The number of carbonyl (C=O) groups excluding carboxylic acids is 1. The zero-order chi connectivity index (χ0) is 16.9. The molecule has 0 aliphatic heterocycles. The van der Waals surface area contributed by atoms with E-state index in [-0.39, 0.29) is 10.6 Å². The van der Waals surface area contributed by atoms with Gasteiger partial charge in [0, 0.05) is 10.5 Å². The average Bonchev–Trinajstić information content (AvgIpc) is 2.54. The van der Waals surface area contributed by atoms with E-state index in [0.717, 1.165) is 4.47 Å². The Labute approximate surface area is 142 Å². The lowest BCUT2D eigenvalue weighted by Crippen LogP contribution is -2.09. The molecule has 2 aromatic carbocycles. The van der Waals surface area contributed by atoms with Gasteiger partial charge in [-0.2, -0.15) is 8.42 Å². The lowest BCUT2D eigenvalue weighted by Gasteiger charge is -2.07. The van der Waals surface area contributed by atoms with Crippen molar-refractivity contribution in [2.45, 2.75) is 4.90 Å². The van der Waals surface area contributed by atoms with Gasteiger partial charge in [-0.25, -0.2) is 4.79 Å². The van der Waals surface area contributed by atoms with Gasteiger partial charge in [-0.1, -0.05) is 28.1 Å². The fourth-order valence-corrected chi connectivity index (χ4v) is 2.84. The van der Waals surface area contributed by atoms with Crippen LogP contribution in [-0.4, -0.2) is 21.5 Å². The summed E-state index contributed by atoms with van der Waals surface area (Å²) in [6.45, 7) is 0. The Balaban J connectivity index is 2.12. The number of halogens is 1. The van der Waals surface area contributed by atoms with E-state index < -0.39 is 16.1 Å². The van der Waals surface area contributed by atoms with Crippen molar-refractivity contribution in [1.82, 2.24) is 0 Å². The second-order valence-electron chi connectivity index (χ2n) is 4.42. The topological polar surface area (TPSA) is 69.7 Å². The molecule has 7 heteroatoms. The van der Waals surface area contributed by atoms with Gasteiger partial charge in [0.25, 0.3) is 0 Å². The SMILES string of the molecule is COC(=O)/C=C\c1ccc(OS(=O)(=O)c2ccc(Br)cc2)cc1. The minimum atomic E-state index is -3.89. The predicted molar refractivity (Wildman–Crippen MR) is 89.4 cm³/mol. The van der Waals surface area contributed by atoms with E-state index in [1.807, 2.05) is 0 Å². The summed E-state index contributed by atoms with van der Waals surface area (Å²) in [5.74, 6) is -0.286. The number of carbonyl (C=O) groups is 1. The molecule has 0 saturated carbocycles. The third-order valence-corrected chi connectivity index (χ3v) is 4.59. The Hall–Kier alpha value is -2.12. The minimum absolute atomic E-state index is 0.0652. The molecule has 0 aliphatic carbocycles. The van der Waals surface area contributed by atoms with Crippen molar-refractivity contribution in [1.29, 1.82) is 0 Å². The van der Waals surface area contributed by atoms with E-state index in [9.17, 15) is 13.2 Å². The van der Waals surface area contributed by atoms with E-state index in [1.54, 1.807) is 30.3 Å². The summed E-state index contributed by atoms with van der Waals surface area (Å²) >= 11 is 3.24. The monoisotopic (exact) mass is 396 g/mol. The molecule has 0 aliphatic rings. The van der Waals surface area contributed by atoms with Crippen molar-refractivity contribution in [2.75, 3.05) is 7.11 Å². The summed E-state index contributed by atoms with van der Waals surface area (Å²) in [4.78, 5) is 11.1. The van der Waals surface area contributed by atoms with Gasteiger partial charge < -0.3 is 8.92 Å². The quantitative estimate of drug-likeness (QED) is 0.440. The summed E-state index contributed by atoms with van der Waals surface area (Å²) in [7, 11) is -2.60. The highest BCUT2D eigenvalue weighted by molar-refractivity contribution is 9.10. The van der Waals surface area contributed by atoms with Gasteiger partial charge in [-0.3, -0.25) is 0 Å². The molecule has 0 amide bonds. The van der Waals surface area contributed by atoms with Crippen LogP contribution in [0.2, 0.25) is 0 Å². The molecular weight excluding hydrogens is 384 g/mol. The van der Waals surface area contributed by atoms with Gasteiger partial charge in [-0.15, -0.1) is 0 Å². The molecular formula is C16H13BrO5S. The van der Waals surface area contributed by atoms with E-state index in [4.69, 9.17) is 4.18 Å². The van der Waals surface area contributed by atoms with Crippen LogP contribution >= 0.6 is 15.9 Å². The Morgan fingerprint density at radius 2 is 1.65 bits per heavy atom. The van der Waals surface area contributed by atoms with Crippen LogP contribution in [0.25, 0.3) is 6.08 Å². The number of ether oxygens (including phenoxy) is 1. The van der Waals surface area contributed by atoms with Crippen molar-refractivity contribution in [3.8, 4) is 5.75 Å². The summed E-state index contributed by atoms with van der Waals surface area (Å²) < 4.78 is 34.6. The van der Waals surface area contributed by atoms with Crippen LogP contribution in [0.1, 0.15) is 5.56 Å². The normalized spacial score (nSPS) is 11.4. The van der Waals surface area contributed by atoms with Crippen molar-refractivity contribution in [3.05, 3.63) is 64.6 Å². The first-order chi connectivity index (χ1) is 10.9. The van der Waals surface area contributed by atoms with Gasteiger partial charge >= 0.3 is 16.1 Å². The molecule has 0 bridgehead atoms. The van der Waals surface area contributed by atoms with Crippen LogP contribution in [0, 0.1) is 0 Å². The molecule has 0 heterocycles. The maximum Gasteiger partial charge on any atom is 0.339 e. The largest absolute Gasteiger partial charge is 0.466 e. The van der Waals surface area contributed by atoms with Gasteiger partial charge in [0.2, 0.25) is 0 Å². The predicted octanol–water partition coefficient (Wildman–Crippen LogP) is 3.40. The van der Waals surface area contributed by atoms with Gasteiger partial charge in [0.1, 0.15) is 10.6 Å². The second kappa shape index (κ2) is 7.43. The number of hydrogen-bond donors (Lipinski definition) is 0. The van der Waals surface area contributed by atoms with Gasteiger partial charge in [0.05, 0.1) is 7.11 Å². The smallest absolute Gasteiger partial charge is 0.339 e. The first kappa shape index (κ1) is 17.2. The van der Waals surface area contributed by atoms with Crippen LogP contribution in [-0.2, 0) is 19.6 Å². The van der Waals surface area contributed by atoms with Crippen molar-refractivity contribution < 1.29 is 22.1 Å². The van der Waals surface area contributed by atoms with Gasteiger partial charge in [0.15, 0.2) is 0 Å². The molecule has 23 heavy (non-hydrogen) atoms. The van der Waals surface area contributed by atoms with Crippen LogP contribution < -0.4 is 4.18 Å². The summed E-state index contributed by atoms with van der Waals surface area (Å²) in [5, 5.41) is 0. The highest BCUT2D eigenvalue weighted by Gasteiger charge is 2.16. The average molecular weight is 397 g/mol. The third-order valence-electron chi connectivity index (χ3n) is 2.80. The number of esters is 1. The Bertz CT molecular complexity index is 809. The lowest BCUT2D eigenvalue weighted by molar-refractivity contribution is -0.134. The molecule has 0 spiro atoms. The fourth-order valence-electron chi connectivity index (χ4n) is 1.64. The van der Waals surface area contributed by atoms with Crippen molar-refractivity contribution in [3.63, 3.8) is 0 Å². The van der Waals surface area contributed by atoms with E-state index in [0.29, 0.717) is 5.56 Å². The molecule has 0 unspecified atom stereocenters. The molecule has 0 N–H and O–H groups in total. The Morgan fingerprint density at radius 1 is 1.04 bits per heavy atom. The maximum atomic E-state index is 12.1. The van der Waals surface area contributed by atoms with Gasteiger partial charge in [-0.05, 0) is 48.0 Å². The molecule has 0 saturated heterocycles. The molecule has 0 radical (unpaired) electrons. The molecule has 120 valence electrons. The van der Waals surface area contributed by atoms with Crippen LogP contribution in [0.5, 0.6) is 5.75 Å². The highest BCUT2D eigenvalue weighted by atomic mass is 79.9. The first-order valence-electron chi connectivity index (χ1n) is 6.47. The molecule has 0 fully saturated rings. The number of hydrogen-bond acceptors (Lipinski definition) is 5. The van der Waals surface area contributed by atoms with Crippen molar-refractivity contribution >= 4 is 38.1 Å². The fraction of sp³-hybridized carbons (Fsp3) is 0.0625. The zero-order valence-electron chi connectivity index (χ0n) is 12.1. The van der Waals surface area contributed by atoms with E-state index in [1.165, 1.54) is 37.5 Å². The maximum absolute atomic E-state index is 12.1. The first-order valence-corrected chi connectivity index (χ1v) is 8.67. The highest BCUT2D eigenvalue weighted by Crippen LogP contribution is 2.21. The summed E-state index contributed by atoms with van der Waals surface area (Å²) in [6, 6.07) is 12.4. The second-order valence-corrected chi connectivity index (χ2v) is 6.88. The number of methoxy groups -OCH3 is 1. The zero-order valence-corrected chi connectivity index (χ0v) is 14.5. The van der Waals surface area contributed by atoms with Crippen LogP contribution in [0.3, 0.4) is 0 Å². The molecule has 0 atom stereocenters. The third kappa shape index (κ3) is 4.94. The van der Waals surface area contributed by atoms with E-state index in [2.05, 4.69) is 20.7 Å². The van der Waals surface area contributed by atoms with Crippen LogP contribution in [0.4, 0.5) is 0 Å². The number of benzene rings is 2. The summed E-state index contributed by atoms with van der Waals surface area (Å²) in [5.41, 5.74) is 0.712. The molecule has 5 nitrogen and oxygen atoms in total. The Kier molecular flexibility index (Phi) is 5.57. The standard InChI is InChI=1S/C16H13BrO5S/c1-21-16(18)11-4-12-2-7-14(8-3-12)22-23(19,20)15-9-5-13(17)6-10-15/h2-11H,1H3/b11-4-. The molecule has 2 rings (SSSR count). The minimum Gasteiger partial charge on any atom is -0.466 e. The molecule has 2 aromatic rings. The Morgan fingerprint density at radius 3 is 2.22 bits per heavy atom. The van der Waals surface area contributed by atoms with E-state index >= 15 is 0 Å².